The van der Waals surface area contributed by atoms with Crippen molar-refractivity contribution in [2.24, 2.45) is 0 Å². The normalized spacial score (nSPS) is 12.8. The van der Waals surface area contributed by atoms with Gasteiger partial charge in [-0.2, -0.15) is 0 Å². The zero-order valence-electron chi connectivity index (χ0n) is 17.1. The van der Waals surface area contributed by atoms with Crippen LogP contribution in [-0.2, 0) is 0 Å². The number of nitrogens with zero attached hydrogens (tertiary/aromatic N) is 1. The van der Waals surface area contributed by atoms with E-state index in [0.717, 1.165) is 22.4 Å². The maximum atomic E-state index is 14.4. The van der Waals surface area contributed by atoms with Crippen molar-refractivity contribution in [2.75, 3.05) is 0 Å². The summed E-state index contributed by atoms with van der Waals surface area (Å²) in [6.07, 6.45) is 1.93. The fourth-order valence-corrected chi connectivity index (χ4v) is 4.73. The van der Waals surface area contributed by atoms with E-state index in [0.29, 0.717) is 5.56 Å². The van der Waals surface area contributed by atoms with E-state index < -0.39 is 14.0 Å². The van der Waals surface area contributed by atoms with E-state index in [9.17, 15) is 4.39 Å². The Morgan fingerprint density at radius 2 is 1.65 bits per heavy atom. The Balaban J connectivity index is 2.15. The summed E-state index contributed by atoms with van der Waals surface area (Å²) >= 11 is 0. The Kier molecular flexibility index (Phi) is 4.73. The van der Waals surface area contributed by atoms with E-state index in [4.69, 9.17) is 1.37 Å². The number of rotatable bonds is 4. The first kappa shape index (κ1) is 17.2. The topological polar surface area (TPSA) is 12.9 Å². The van der Waals surface area contributed by atoms with Gasteiger partial charge in [0, 0.05) is 18.7 Å². The molecule has 0 unspecified atom stereocenters. The van der Waals surface area contributed by atoms with Crippen molar-refractivity contribution in [3.05, 3.63) is 72.2 Å². The molecule has 0 atom stereocenters. The average Bonchev–Trinajstić information content (AvgIpc) is 2.61. The number of benzene rings is 2. The minimum atomic E-state index is -1.63. The molecule has 134 valence electrons. The highest BCUT2D eigenvalue weighted by atomic mass is 28.3. The molecule has 0 saturated carbocycles. The van der Waals surface area contributed by atoms with Gasteiger partial charge >= 0.3 is 0 Å². The predicted octanol–water partition coefficient (Wildman–Crippen LogP) is 6.22. The SMILES string of the molecule is [2H]C(C)(C)c1cc(-c2ccc(F)c(-c3ccccc3)c2)ncc1[Si](C)(C)C. The second-order valence-corrected chi connectivity index (χ2v) is 13.0. The number of halogens is 1. The van der Waals surface area contributed by atoms with Crippen molar-refractivity contribution >= 4 is 13.3 Å². The van der Waals surface area contributed by atoms with Crippen molar-refractivity contribution in [2.45, 2.75) is 39.4 Å². The first-order valence-corrected chi connectivity index (χ1v) is 12.4. The third-order valence-corrected chi connectivity index (χ3v) is 6.61. The van der Waals surface area contributed by atoms with Crippen LogP contribution in [0.3, 0.4) is 0 Å². The molecule has 3 aromatic rings. The van der Waals surface area contributed by atoms with Crippen LogP contribution in [0.25, 0.3) is 22.4 Å². The highest BCUT2D eigenvalue weighted by molar-refractivity contribution is 6.89. The van der Waals surface area contributed by atoms with Gasteiger partial charge in [-0.15, -0.1) is 0 Å². The summed E-state index contributed by atoms with van der Waals surface area (Å²) in [6, 6.07) is 16.7. The van der Waals surface area contributed by atoms with Crippen molar-refractivity contribution in [1.29, 1.82) is 0 Å². The van der Waals surface area contributed by atoms with Gasteiger partial charge in [0.25, 0.3) is 0 Å². The van der Waals surface area contributed by atoms with Crippen LogP contribution in [0.1, 0.15) is 26.7 Å². The molecule has 0 aliphatic rings. The quantitative estimate of drug-likeness (QED) is 0.501. The van der Waals surface area contributed by atoms with Crippen LogP contribution in [0.2, 0.25) is 19.6 Å². The van der Waals surface area contributed by atoms with Gasteiger partial charge in [0.2, 0.25) is 0 Å². The van der Waals surface area contributed by atoms with E-state index in [1.165, 1.54) is 11.3 Å². The van der Waals surface area contributed by atoms with Gasteiger partial charge < -0.3 is 0 Å². The van der Waals surface area contributed by atoms with Crippen LogP contribution in [0, 0.1) is 5.82 Å². The highest BCUT2D eigenvalue weighted by Crippen LogP contribution is 2.29. The lowest BCUT2D eigenvalue weighted by atomic mass is 9.98. The third-order valence-electron chi connectivity index (χ3n) is 4.60. The molecule has 0 aliphatic carbocycles. The Bertz CT molecular complexity index is 956. The summed E-state index contributed by atoms with van der Waals surface area (Å²) in [5, 5.41) is 1.21. The van der Waals surface area contributed by atoms with Crippen molar-refractivity contribution < 1.29 is 5.76 Å². The fraction of sp³-hybridized carbons (Fsp3) is 0.261. The summed E-state index contributed by atoms with van der Waals surface area (Å²) in [5.74, 6) is -0.958. The molecular weight excluding hydrogens is 337 g/mol. The van der Waals surface area contributed by atoms with Crippen molar-refractivity contribution in [3.8, 4) is 22.4 Å². The van der Waals surface area contributed by atoms with Gasteiger partial charge in [-0.1, -0.05) is 63.8 Å². The standard InChI is InChI=1S/C23H26FNSi/c1-16(2)19-14-22(25-15-23(19)26(3,4)5)18-11-12-21(24)20(13-18)17-9-7-6-8-10-17/h6-16H,1-5H3/i16D. The fourth-order valence-electron chi connectivity index (χ4n) is 3.15. The molecule has 2 aromatic carbocycles. The minimum Gasteiger partial charge on any atom is -0.256 e. The molecule has 1 aromatic heterocycles. The van der Waals surface area contributed by atoms with Gasteiger partial charge in [-0.3, -0.25) is 4.98 Å². The lowest BCUT2D eigenvalue weighted by molar-refractivity contribution is 0.631. The van der Waals surface area contributed by atoms with Gasteiger partial charge in [-0.25, -0.2) is 4.39 Å². The lowest BCUT2D eigenvalue weighted by Gasteiger charge is -2.23. The molecule has 0 aliphatic heterocycles. The van der Waals surface area contributed by atoms with Crippen LogP contribution in [0.4, 0.5) is 4.39 Å². The van der Waals surface area contributed by atoms with Crippen molar-refractivity contribution in [3.63, 3.8) is 0 Å². The van der Waals surface area contributed by atoms with E-state index in [-0.39, 0.29) is 5.82 Å². The zero-order valence-corrected chi connectivity index (χ0v) is 17.1. The molecule has 26 heavy (non-hydrogen) atoms. The van der Waals surface area contributed by atoms with Crippen LogP contribution in [0.15, 0.2) is 60.8 Å². The maximum absolute atomic E-state index is 14.4. The molecule has 0 amide bonds. The van der Waals surface area contributed by atoms with Gasteiger partial charge in [0.1, 0.15) is 5.82 Å². The molecule has 3 heteroatoms. The van der Waals surface area contributed by atoms with Gasteiger partial charge in [0.05, 0.1) is 13.8 Å². The Hall–Kier alpha value is -2.26. The number of aromatic nitrogens is 1. The van der Waals surface area contributed by atoms with Crippen LogP contribution in [-0.4, -0.2) is 13.1 Å². The monoisotopic (exact) mass is 364 g/mol. The Labute approximate surface area is 158 Å². The Morgan fingerprint density at radius 3 is 2.27 bits per heavy atom. The highest BCUT2D eigenvalue weighted by Gasteiger charge is 2.22. The predicted molar refractivity (Wildman–Crippen MR) is 112 cm³/mol. The molecule has 0 bridgehead atoms. The summed E-state index contributed by atoms with van der Waals surface area (Å²) in [5.41, 5.74) is 4.07. The summed E-state index contributed by atoms with van der Waals surface area (Å²) in [4.78, 5) is 4.68. The second kappa shape index (κ2) is 7.16. The first-order chi connectivity index (χ1) is 12.6. The molecule has 0 spiro atoms. The summed E-state index contributed by atoms with van der Waals surface area (Å²) in [6.45, 7) is 10.6. The van der Waals surface area contributed by atoms with E-state index in [1.54, 1.807) is 6.07 Å². The molecule has 1 heterocycles. The lowest BCUT2D eigenvalue weighted by Crippen LogP contribution is -2.40. The Morgan fingerprint density at radius 1 is 0.962 bits per heavy atom. The van der Waals surface area contributed by atoms with Gasteiger partial charge in [-0.05, 0) is 46.5 Å². The van der Waals surface area contributed by atoms with E-state index in [1.807, 2.05) is 62.5 Å². The zero-order chi connectivity index (χ0) is 19.8. The summed E-state index contributed by atoms with van der Waals surface area (Å²) < 4.78 is 23.0. The average molecular weight is 365 g/mol. The molecular formula is C23H26FNSi. The smallest absolute Gasteiger partial charge is 0.131 e. The number of hydrogen-bond donors (Lipinski definition) is 0. The van der Waals surface area contributed by atoms with E-state index in [2.05, 4.69) is 24.6 Å². The van der Waals surface area contributed by atoms with Crippen LogP contribution < -0.4 is 5.19 Å². The molecule has 1 nitrogen and oxygen atoms in total. The molecule has 0 fully saturated rings. The molecule has 0 saturated heterocycles. The number of pyridine rings is 1. The maximum Gasteiger partial charge on any atom is 0.131 e. The first-order valence-electron chi connectivity index (χ1n) is 9.44. The second-order valence-electron chi connectivity index (χ2n) is 7.93. The minimum absolute atomic E-state index is 0.246. The number of hydrogen-bond acceptors (Lipinski definition) is 1. The molecule has 0 radical (unpaired) electrons. The van der Waals surface area contributed by atoms with Crippen LogP contribution in [0.5, 0.6) is 0 Å². The summed E-state index contributed by atoms with van der Waals surface area (Å²) in [7, 11) is -1.63. The third kappa shape index (κ3) is 3.78. The molecule has 3 rings (SSSR count). The van der Waals surface area contributed by atoms with Gasteiger partial charge in [0.15, 0.2) is 0 Å². The molecule has 0 N–H and O–H groups in total. The van der Waals surface area contributed by atoms with Crippen molar-refractivity contribution in [1.82, 2.24) is 4.98 Å². The van der Waals surface area contributed by atoms with Crippen LogP contribution >= 0.6 is 0 Å². The largest absolute Gasteiger partial charge is 0.256 e. The van der Waals surface area contributed by atoms with E-state index >= 15 is 0 Å².